The van der Waals surface area contributed by atoms with Gasteiger partial charge in [0, 0.05) is 12.6 Å². The average Bonchev–Trinajstić information content (AvgIpc) is 3.06. The highest BCUT2D eigenvalue weighted by atomic mass is 16.5. The second-order valence-corrected chi connectivity index (χ2v) is 5.63. The molecule has 0 spiro atoms. The molecule has 2 fully saturated rings. The van der Waals surface area contributed by atoms with Gasteiger partial charge in [-0.1, -0.05) is 6.92 Å². The van der Waals surface area contributed by atoms with E-state index in [1.165, 1.54) is 12.8 Å². The van der Waals surface area contributed by atoms with E-state index in [4.69, 9.17) is 4.74 Å². The lowest BCUT2D eigenvalue weighted by molar-refractivity contribution is 0.104. The van der Waals surface area contributed by atoms with Gasteiger partial charge in [-0.05, 0) is 25.7 Å². The van der Waals surface area contributed by atoms with E-state index in [1.807, 2.05) is 6.33 Å². The smallest absolute Gasteiger partial charge is 0.165 e. The van der Waals surface area contributed by atoms with E-state index in [-0.39, 0.29) is 6.10 Å². The van der Waals surface area contributed by atoms with Gasteiger partial charge in [-0.15, -0.1) is 0 Å². The Morgan fingerprint density at radius 3 is 3.00 bits per heavy atom. The van der Waals surface area contributed by atoms with Crippen LogP contribution in [-0.4, -0.2) is 38.3 Å². The highest BCUT2D eigenvalue weighted by molar-refractivity contribution is 5.83. The predicted octanol–water partition coefficient (Wildman–Crippen LogP) is 2.14. The van der Waals surface area contributed by atoms with Crippen molar-refractivity contribution in [1.82, 2.24) is 19.5 Å². The number of hydrogen-bond acceptors (Lipinski definition) is 5. The molecule has 0 aromatic carbocycles. The van der Waals surface area contributed by atoms with Crippen molar-refractivity contribution in [3.8, 4) is 0 Å². The third-order valence-electron chi connectivity index (χ3n) is 4.23. The van der Waals surface area contributed by atoms with Gasteiger partial charge in [0.05, 0.1) is 18.5 Å². The van der Waals surface area contributed by atoms with Gasteiger partial charge in [-0.25, -0.2) is 15.0 Å². The molecule has 6 nitrogen and oxygen atoms in total. The maximum Gasteiger partial charge on any atom is 0.165 e. The molecule has 0 amide bonds. The molecule has 0 unspecified atom stereocenters. The van der Waals surface area contributed by atoms with Crippen LogP contribution in [0.1, 0.15) is 38.6 Å². The Hall–Kier alpha value is -1.69. The summed E-state index contributed by atoms with van der Waals surface area (Å²) in [5.74, 6) is 0.836. The van der Waals surface area contributed by atoms with Gasteiger partial charge in [-0.3, -0.25) is 0 Å². The summed E-state index contributed by atoms with van der Waals surface area (Å²) in [6.45, 7) is 2.98. The fraction of sp³-hybridized carbons (Fsp3) is 0.643. The van der Waals surface area contributed by atoms with Crippen molar-refractivity contribution in [2.24, 2.45) is 0 Å². The fourth-order valence-corrected chi connectivity index (χ4v) is 2.97. The van der Waals surface area contributed by atoms with Crippen LogP contribution in [0.3, 0.4) is 0 Å². The van der Waals surface area contributed by atoms with E-state index in [9.17, 15) is 0 Å². The molecule has 2 atom stereocenters. The molecule has 1 saturated heterocycles. The van der Waals surface area contributed by atoms with Crippen LogP contribution < -0.4 is 5.32 Å². The lowest BCUT2D eigenvalue weighted by Crippen LogP contribution is -2.29. The van der Waals surface area contributed by atoms with Gasteiger partial charge >= 0.3 is 0 Å². The third kappa shape index (κ3) is 1.95. The van der Waals surface area contributed by atoms with E-state index in [0.29, 0.717) is 12.1 Å². The lowest BCUT2D eigenvalue weighted by Gasteiger charge is -2.18. The van der Waals surface area contributed by atoms with Gasteiger partial charge in [-0.2, -0.15) is 0 Å². The second kappa shape index (κ2) is 4.70. The molecular weight excluding hydrogens is 254 g/mol. The first-order valence-corrected chi connectivity index (χ1v) is 7.42. The van der Waals surface area contributed by atoms with Crippen LogP contribution in [0.4, 0.5) is 5.82 Å². The Morgan fingerprint density at radius 2 is 2.20 bits per heavy atom. The molecule has 4 rings (SSSR count). The van der Waals surface area contributed by atoms with Crippen molar-refractivity contribution >= 4 is 17.0 Å². The number of anilines is 1. The summed E-state index contributed by atoms with van der Waals surface area (Å²) < 4.78 is 7.89. The number of hydrogen-bond donors (Lipinski definition) is 1. The first kappa shape index (κ1) is 12.1. The molecule has 20 heavy (non-hydrogen) atoms. The monoisotopic (exact) mass is 273 g/mol. The van der Waals surface area contributed by atoms with Gasteiger partial charge in [0.2, 0.25) is 0 Å². The summed E-state index contributed by atoms with van der Waals surface area (Å²) in [5, 5.41) is 3.51. The molecule has 3 heterocycles. The van der Waals surface area contributed by atoms with Crippen molar-refractivity contribution in [1.29, 1.82) is 0 Å². The number of ether oxygens (including phenoxy) is 1. The number of aromatic nitrogens is 4. The molecule has 1 saturated carbocycles. The number of imidazole rings is 1. The molecule has 2 aromatic heterocycles. The molecular formula is C14H19N5O. The van der Waals surface area contributed by atoms with Crippen LogP contribution in [0.2, 0.25) is 0 Å². The molecule has 0 radical (unpaired) electrons. The van der Waals surface area contributed by atoms with E-state index in [0.717, 1.165) is 36.4 Å². The summed E-state index contributed by atoms with van der Waals surface area (Å²) in [6.07, 6.45) is 8.28. The minimum absolute atomic E-state index is 0.269. The minimum Gasteiger partial charge on any atom is -0.376 e. The summed E-state index contributed by atoms with van der Waals surface area (Å²) in [5.41, 5.74) is 1.82. The van der Waals surface area contributed by atoms with Crippen molar-refractivity contribution in [3.05, 3.63) is 12.7 Å². The normalized spacial score (nSPS) is 26.2. The Bertz CT molecular complexity index is 621. The van der Waals surface area contributed by atoms with E-state index < -0.39 is 0 Å². The topological polar surface area (TPSA) is 64.9 Å². The highest BCUT2D eigenvalue weighted by Gasteiger charge is 2.29. The minimum atomic E-state index is 0.269. The maximum absolute atomic E-state index is 5.72. The van der Waals surface area contributed by atoms with Gasteiger partial charge in [0.25, 0.3) is 0 Å². The van der Waals surface area contributed by atoms with Gasteiger partial charge in [0.1, 0.15) is 11.8 Å². The highest BCUT2D eigenvalue weighted by Crippen LogP contribution is 2.37. The van der Waals surface area contributed by atoms with Crippen molar-refractivity contribution in [3.63, 3.8) is 0 Å². The summed E-state index contributed by atoms with van der Waals surface area (Å²) in [4.78, 5) is 13.3. The largest absolute Gasteiger partial charge is 0.376 e. The van der Waals surface area contributed by atoms with Crippen molar-refractivity contribution in [2.45, 2.75) is 50.8 Å². The Balaban J connectivity index is 1.66. The summed E-state index contributed by atoms with van der Waals surface area (Å²) in [7, 11) is 0. The zero-order valence-corrected chi connectivity index (χ0v) is 11.6. The molecule has 1 N–H and O–H groups in total. The SMILES string of the molecule is CC[C@@H]1OCC[C@H]1Nc1ncnc2c1ncn2C1CC1. The van der Waals surface area contributed by atoms with E-state index in [2.05, 4.69) is 31.8 Å². The average molecular weight is 273 g/mol. The van der Waals surface area contributed by atoms with Crippen LogP contribution in [0.5, 0.6) is 0 Å². The Morgan fingerprint density at radius 1 is 1.30 bits per heavy atom. The molecule has 6 heteroatoms. The number of nitrogens with one attached hydrogen (secondary N) is 1. The van der Waals surface area contributed by atoms with Crippen LogP contribution in [-0.2, 0) is 4.74 Å². The zero-order valence-electron chi connectivity index (χ0n) is 11.6. The summed E-state index contributed by atoms with van der Waals surface area (Å²) in [6, 6.07) is 0.908. The quantitative estimate of drug-likeness (QED) is 0.924. The van der Waals surface area contributed by atoms with E-state index in [1.54, 1.807) is 6.33 Å². The third-order valence-corrected chi connectivity index (χ3v) is 4.23. The first-order chi connectivity index (χ1) is 9.86. The zero-order chi connectivity index (χ0) is 13.5. The molecule has 1 aliphatic heterocycles. The first-order valence-electron chi connectivity index (χ1n) is 7.42. The molecule has 106 valence electrons. The van der Waals surface area contributed by atoms with Gasteiger partial charge < -0.3 is 14.6 Å². The lowest BCUT2D eigenvalue weighted by atomic mass is 10.1. The Labute approximate surface area is 117 Å². The van der Waals surface area contributed by atoms with Crippen molar-refractivity contribution in [2.75, 3.05) is 11.9 Å². The maximum atomic E-state index is 5.72. The molecule has 1 aliphatic carbocycles. The second-order valence-electron chi connectivity index (χ2n) is 5.63. The molecule has 2 aliphatic rings. The van der Waals surface area contributed by atoms with Crippen LogP contribution in [0, 0.1) is 0 Å². The van der Waals surface area contributed by atoms with Crippen molar-refractivity contribution < 1.29 is 4.74 Å². The van der Waals surface area contributed by atoms with Crippen LogP contribution >= 0.6 is 0 Å². The number of fused-ring (bicyclic) bond motifs is 1. The Kier molecular flexibility index (Phi) is 2.84. The van der Waals surface area contributed by atoms with Crippen LogP contribution in [0.15, 0.2) is 12.7 Å². The van der Waals surface area contributed by atoms with E-state index >= 15 is 0 Å². The standard InChI is InChI=1S/C14H19N5O/c1-2-11-10(5-6-20-11)18-13-12-14(16-7-15-13)19(8-17-12)9-3-4-9/h7-11H,2-6H2,1H3,(H,15,16,18)/t10-,11+/m1/s1. The molecule has 0 bridgehead atoms. The predicted molar refractivity (Wildman–Crippen MR) is 75.7 cm³/mol. The summed E-state index contributed by atoms with van der Waals surface area (Å²) >= 11 is 0. The fourth-order valence-electron chi connectivity index (χ4n) is 2.97. The van der Waals surface area contributed by atoms with Crippen LogP contribution in [0.25, 0.3) is 11.2 Å². The molecule has 2 aromatic rings. The van der Waals surface area contributed by atoms with Gasteiger partial charge in [0.15, 0.2) is 11.5 Å². The number of rotatable bonds is 4. The number of nitrogens with zero attached hydrogens (tertiary/aromatic N) is 4.